The van der Waals surface area contributed by atoms with Gasteiger partial charge >= 0.3 is 0 Å². The van der Waals surface area contributed by atoms with E-state index >= 15 is 0 Å². The SMILES string of the molecule is COc1ccc(OC)c2sc(N(CCN(C)C)C(=O)c3ccc(F)c(F)c3)nc12.Cl. The van der Waals surface area contributed by atoms with Gasteiger partial charge in [-0.2, -0.15) is 0 Å². The maximum atomic E-state index is 13.7. The van der Waals surface area contributed by atoms with E-state index in [0.717, 1.165) is 16.8 Å². The number of methoxy groups -OCH3 is 2. The molecule has 10 heteroatoms. The van der Waals surface area contributed by atoms with Gasteiger partial charge in [-0.3, -0.25) is 9.69 Å². The molecule has 0 unspecified atom stereocenters. The number of likely N-dealkylation sites (N-methyl/N-ethyl adjacent to an activating group) is 1. The molecule has 0 aliphatic rings. The first-order valence-electron chi connectivity index (χ1n) is 8.79. The number of halogens is 3. The molecular formula is C20H22ClF2N3O3S. The van der Waals surface area contributed by atoms with Gasteiger partial charge in [0.25, 0.3) is 5.91 Å². The molecule has 0 N–H and O–H groups in total. The van der Waals surface area contributed by atoms with Crippen LogP contribution in [0.3, 0.4) is 0 Å². The number of fused-ring (bicyclic) bond motifs is 1. The number of nitrogens with zero attached hydrogens (tertiary/aromatic N) is 3. The van der Waals surface area contributed by atoms with Gasteiger partial charge in [-0.1, -0.05) is 11.3 Å². The second-order valence-corrected chi connectivity index (χ2v) is 7.51. The van der Waals surface area contributed by atoms with Crippen molar-refractivity contribution in [2.45, 2.75) is 0 Å². The third kappa shape index (κ3) is 4.80. The standard InChI is InChI=1S/C20H21F2N3O3S.ClH/c1-24(2)9-10-25(19(26)12-5-6-13(21)14(22)11-12)20-23-17-15(27-3)7-8-16(28-4)18(17)29-20;/h5-8,11H,9-10H2,1-4H3;1H. The van der Waals surface area contributed by atoms with Crippen molar-refractivity contribution in [1.29, 1.82) is 0 Å². The lowest BCUT2D eigenvalue weighted by Gasteiger charge is -2.22. The fourth-order valence-corrected chi connectivity index (χ4v) is 3.86. The summed E-state index contributed by atoms with van der Waals surface area (Å²) in [7, 11) is 6.85. The van der Waals surface area contributed by atoms with Crippen LogP contribution in [0, 0.1) is 11.6 Å². The highest BCUT2D eigenvalue weighted by atomic mass is 35.5. The number of aromatic nitrogens is 1. The molecular weight excluding hydrogens is 436 g/mol. The zero-order chi connectivity index (χ0) is 21.1. The molecule has 3 aromatic rings. The highest BCUT2D eigenvalue weighted by Crippen LogP contribution is 2.40. The first kappa shape index (κ1) is 23.8. The topological polar surface area (TPSA) is 54.9 Å². The summed E-state index contributed by atoms with van der Waals surface area (Å²) < 4.78 is 38.5. The van der Waals surface area contributed by atoms with E-state index in [-0.39, 0.29) is 18.0 Å². The van der Waals surface area contributed by atoms with E-state index in [2.05, 4.69) is 4.98 Å². The van der Waals surface area contributed by atoms with Crippen molar-refractivity contribution in [2.75, 3.05) is 46.3 Å². The highest BCUT2D eigenvalue weighted by molar-refractivity contribution is 7.22. The van der Waals surface area contributed by atoms with Gasteiger partial charge in [-0.05, 0) is 44.4 Å². The van der Waals surface area contributed by atoms with Crippen LogP contribution < -0.4 is 14.4 Å². The number of benzene rings is 2. The third-order valence-corrected chi connectivity index (χ3v) is 5.41. The van der Waals surface area contributed by atoms with Crippen molar-refractivity contribution in [2.24, 2.45) is 0 Å². The molecule has 0 saturated carbocycles. The maximum absolute atomic E-state index is 13.7. The summed E-state index contributed by atoms with van der Waals surface area (Å²) >= 11 is 1.27. The summed E-state index contributed by atoms with van der Waals surface area (Å²) in [4.78, 5) is 21.1. The second kappa shape index (κ2) is 10.0. The normalized spacial score (nSPS) is 10.8. The van der Waals surface area contributed by atoms with E-state index in [9.17, 15) is 13.6 Å². The lowest BCUT2D eigenvalue weighted by molar-refractivity contribution is 0.0984. The van der Waals surface area contributed by atoms with Crippen LogP contribution in [-0.2, 0) is 0 Å². The van der Waals surface area contributed by atoms with Crippen molar-refractivity contribution in [3.8, 4) is 11.5 Å². The lowest BCUT2D eigenvalue weighted by Crippen LogP contribution is -2.36. The molecule has 2 aromatic carbocycles. The zero-order valence-corrected chi connectivity index (χ0v) is 18.6. The Morgan fingerprint density at radius 2 is 1.70 bits per heavy atom. The number of hydrogen-bond donors (Lipinski definition) is 0. The molecule has 1 aromatic heterocycles. The van der Waals surface area contributed by atoms with Crippen LogP contribution in [0.4, 0.5) is 13.9 Å². The Morgan fingerprint density at radius 3 is 2.30 bits per heavy atom. The number of carbonyl (C=O) groups excluding carboxylic acids is 1. The van der Waals surface area contributed by atoms with E-state index in [1.165, 1.54) is 29.4 Å². The molecule has 1 amide bonds. The largest absolute Gasteiger partial charge is 0.495 e. The van der Waals surface area contributed by atoms with Crippen LogP contribution in [0.5, 0.6) is 11.5 Å². The minimum Gasteiger partial charge on any atom is -0.495 e. The Bertz CT molecular complexity index is 1000. The smallest absolute Gasteiger partial charge is 0.260 e. The maximum Gasteiger partial charge on any atom is 0.260 e. The van der Waals surface area contributed by atoms with Crippen molar-refractivity contribution >= 4 is 45.0 Å². The van der Waals surface area contributed by atoms with Gasteiger partial charge in [0.05, 0.1) is 14.2 Å². The minimum absolute atomic E-state index is 0. The number of carbonyl (C=O) groups is 1. The highest BCUT2D eigenvalue weighted by Gasteiger charge is 2.24. The monoisotopic (exact) mass is 457 g/mol. The predicted octanol–water partition coefficient (Wildman–Crippen LogP) is 4.22. The molecule has 0 aliphatic carbocycles. The lowest BCUT2D eigenvalue weighted by atomic mass is 10.2. The molecule has 6 nitrogen and oxygen atoms in total. The third-order valence-electron chi connectivity index (χ3n) is 4.31. The van der Waals surface area contributed by atoms with Crippen molar-refractivity contribution in [3.05, 3.63) is 47.5 Å². The van der Waals surface area contributed by atoms with E-state index < -0.39 is 17.5 Å². The summed E-state index contributed by atoms with van der Waals surface area (Å²) in [6.07, 6.45) is 0. The van der Waals surface area contributed by atoms with Crippen LogP contribution in [-0.4, -0.2) is 57.2 Å². The number of ether oxygens (including phenoxy) is 2. The number of hydrogen-bond acceptors (Lipinski definition) is 6. The van der Waals surface area contributed by atoms with Crippen LogP contribution in [0.25, 0.3) is 10.2 Å². The summed E-state index contributed by atoms with van der Waals surface area (Å²) in [5, 5.41) is 0.416. The fourth-order valence-electron chi connectivity index (χ4n) is 2.76. The average Bonchev–Trinajstić information content (AvgIpc) is 3.14. The first-order chi connectivity index (χ1) is 13.8. The quantitative estimate of drug-likeness (QED) is 0.531. The zero-order valence-electron chi connectivity index (χ0n) is 16.9. The molecule has 0 aliphatic heterocycles. The molecule has 1 heterocycles. The van der Waals surface area contributed by atoms with Crippen molar-refractivity contribution in [1.82, 2.24) is 9.88 Å². The summed E-state index contributed by atoms with van der Waals surface area (Å²) in [5.74, 6) is -1.39. The molecule has 0 radical (unpaired) electrons. The molecule has 0 atom stereocenters. The Labute approximate surface area is 183 Å². The summed E-state index contributed by atoms with van der Waals surface area (Å²) in [6.45, 7) is 0.870. The van der Waals surface area contributed by atoms with Crippen molar-refractivity contribution in [3.63, 3.8) is 0 Å². The number of anilines is 1. The Kier molecular flexibility index (Phi) is 7.94. The Hall–Kier alpha value is -2.49. The molecule has 0 spiro atoms. The van der Waals surface area contributed by atoms with E-state index in [4.69, 9.17) is 9.47 Å². The number of amides is 1. The molecule has 0 saturated heterocycles. The van der Waals surface area contributed by atoms with Gasteiger partial charge in [0.2, 0.25) is 0 Å². The van der Waals surface area contributed by atoms with Crippen LogP contribution in [0.15, 0.2) is 30.3 Å². The number of rotatable bonds is 7. The molecule has 162 valence electrons. The Morgan fingerprint density at radius 1 is 1.03 bits per heavy atom. The van der Waals surface area contributed by atoms with Crippen molar-refractivity contribution < 1.29 is 23.0 Å². The average molecular weight is 458 g/mol. The van der Waals surface area contributed by atoms with E-state index in [0.29, 0.717) is 35.2 Å². The minimum atomic E-state index is -1.07. The molecule has 0 fully saturated rings. The Balaban J connectivity index is 0.00000320. The fraction of sp³-hybridized carbons (Fsp3) is 0.300. The van der Waals surface area contributed by atoms with Gasteiger partial charge in [0, 0.05) is 18.7 Å². The van der Waals surface area contributed by atoms with E-state index in [1.54, 1.807) is 19.2 Å². The second-order valence-electron chi connectivity index (χ2n) is 6.53. The molecule has 0 bridgehead atoms. The van der Waals surface area contributed by atoms with Crippen LogP contribution in [0.1, 0.15) is 10.4 Å². The van der Waals surface area contributed by atoms with Gasteiger partial charge in [0.1, 0.15) is 21.7 Å². The summed E-state index contributed by atoms with van der Waals surface area (Å²) in [5.41, 5.74) is 0.612. The van der Waals surface area contributed by atoms with Gasteiger partial charge in [0.15, 0.2) is 16.8 Å². The number of thiazole rings is 1. The predicted molar refractivity (Wildman–Crippen MR) is 117 cm³/mol. The van der Waals surface area contributed by atoms with Crippen LogP contribution in [0.2, 0.25) is 0 Å². The molecule has 3 rings (SSSR count). The summed E-state index contributed by atoms with van der Waals surface area (Å²) in [6, 6.07) is 6.61. The molecule has 30 heavy (non-hydrogen) atoms. The van der Waals surface area contributed by atoms with Gasteiger partial charge in [-0.25, -0.2) is 13.8 Å². The van der Waals surface area contributed by atoms with Crippen LogP contribution >= 0.6 is 23.7 Å². The van der Waals surface area contributed by atoms with Gasteiger partial charge < -0.3 is 14.4 Å². The van der Waals surface area contributed by atoms with Gasteiger partial charge in [-0.15, -0.1) is 12.4 Å². The first-order valence-corrected chi connectivity index (χ1v) is 9.60. The van der Waals surface area contributed by atoms with E-state index in [1.807, 2.05) is 19.0 Å².